The molecular weight excluding hydrogens is 1560 g/mol. The van der Waals surface area contributed by atoms with Crippen molar-refractivity contribution in [2.24, 2.45) is 17.8 Å². The molecule has 33 heteroatoms. The smallest absolute Gasteiger partial charge is 0.410 e. The van der Waals surface area contributed by atoms with Crippen molar-refractivity contribution in [3.05, 3.63) is 185 Å². The lowest BCUT2D eigenvalue weighted by atomic mass is 9.96. The summed E-state index contributed by atoms with van der Waals surface area (Å²) >= 11 is 0. The number of carbonyl (C=O) groups excluding carboxylic acids is 11. The summed E-state index contributed by atoms with van der Waals surface area (Å²) in [6.07, 6.45) is 1.24. The SMILES string of the molecule is COC(=O)[C@@H](CC(=O)OCC1c2ccccc2-c2ccccc21)Cc1ccc(OCc2cn([C@H]3C[C@@H](C(=O)N[C@@H](Cc4ccccc4)C(=O)NCc4cn([C@H]5C[C@@H](C(=O)N[C@@H](Cc6ccccc6)C(=O)O)N(C(=O)[C@@H](NC(=O)[C@H](C)N(C)C(=O)OC(C)(C)C)C(C)C)C5)nn4)N(C(=O)[C@@H](NC(=O)[C@H](C)N(C)C(=O)OC(C)(C)C)C(C)C)C3)nn2)cc1. The van der Waals surface area contributed by atoms with E-state index in [1.54, 1.807) is 160 Å². The van der Waals surface area contributed by atoms with Crippen molar-refractivity contribution in [3.8, 4) is 16.9 Å². The van der Waals surface area contributed by atoms with E-state index < -0.39 is 161 Å². The van der Waals surface area contributed by atoms with Gasteiger partial charge in [-0.2, -0.15) is 0 Å². The van der Waals surface area contributed by atoms with Crippen LogP contribution in [0.4, 0.5) is 9.59 Å². The van der Waals surface area contributed by atoms with Gasteiger partial charge in [0.05, 0.1) is 50.5 Å². The molecule has 0 unspecified atom stereocenters. The third-order valence-corrected chi connectivity index (χ3v) is 21.7. The van der Waals surface area contributed by atoms with Crippen molar-refractivity contribution in [1.82, 2.24) is 76.2 Å². The summed E-state index contributed by atoms with van der Waals surface area (Å²) in [4.78, 5) is 174. The second-order valence-corrected chi connectivity index (χ2v) is 33.7. The normalized spacial score (nSPS) is 17.4. The number of ether oxygens (including phenoxy) is 5. The van der Waals surface area contributed by atoms with E-state index in [0.29, 0.717) is 22.6 Å². The standard InChI is InChI=1S/C88H111N15O18/c1-51(2)74(92-76(105)53(5)98(13)85(115)120-87(7,8)9)81(110)100-48-62(103-46-60(95-97-103)49-118-63-36-34-57(35-37-63)38-58(84(114)117-15)41-73(104)119-50-68-66-32-24-22-30-64(66)65-31-23-25-33-67(65)68)43-71(100)79(108)90-69(39-55-26-18-16-19-27-55)78(107)89-44-59-45-102(96-94-59)61-42-72(80(109)91-70(83(112)113)40-56-28-20-17-21-29-56)101(47-61)82(111)75(52(3)4)93-77(106)54(6)99(14)86(116)121-88(10,11)12/h16-37,45-46,51-54,58,61-62,68-72,74-75H,38-44,47-50H2,1-15H3,(H,89,107)(H,90,108)(H,91,109)(H,92,105)(H,93,106)(H,112,113)/t53-,54-,58+,61-,62-,69-,70-,71-,72-,74-,75-/m0/s1. The van der Waals surface area contributed by atoms with Crippen molar-refractivity contribution >= 4 is 71.4 Å². The van der Waals surface area contributed by atoms with Crippen molar-refractivity contribution in [2.75, 3.05) is 40.9 Å². The van der Waals surface area contributed by atoms with E-state index in [4.69, 9.17) is 23.7 Å². The number of likely N-dealkylation sites (tertiary alicyclic amines) is 2. The number of nitrogens with zero attached hydrogens (tertiary/aromatic N) is 10. The summed E-state index contributed by atoms with van der Waals surface area (Å²) in [5, 5.41) is 42.0. The Labute approximate surface area is 703 Å². The highest BCUT2D eigenvalue weighted by atomic mass is 16.6. The molecule has 33 nitrogen and oxygen atoms in total. The zero-order valence-electron chi connectivity index (χ0n) is 71.1. The quantitative estimate of drug-likeness (QED) is 0.0168. The molecule has 7 aromatic rings. The minimum absolute atomic E-state index is 0.0452. The van der Waals surface area contributed by atoms with Crippen LogP contribution in [0.2, 0.25) is 0 Å². The summed E-state index contributed by atoms with van der Waals surface area (Å²) in [7, 11) is 4.05. The van der Waals surface area contributed by atoms with Gasteiger partial charge in [-0.3, -0.25) is 53.0 Å². The van der Waals surface area contributed by atoms with Gasteiger partial charge in [0, 0.05) is 58.8 Å². The molecule has 2 aliphatic heterocycles. The first-order valence-electron chi connectivity index (χ1n) is 40.6. The molecule has 2 saturated heterocycles. The number of fused-ring (bicyclic) bond motifs is 3. The Kier molecular flexibility index (Phi) is 30.0. The molecule has 6 N–H and O–H groups in total. The lowest BCUT2D eigenvalue weighted by Crippen LogP contribution is -2.59. The highest BCUT2D eigenvalue weighted by Crippen LogP contribution is 2.45. The molecule has 3 aliphatic rings. The predicted molar refractivity (Wildman–Crippen MR) is 442 cm³/mol. The molecule has 2 fully saturated rings. The van der Waals surface area contributed by atoms with E-state index in [2.05, 4.69) is 47.2 Å². The Morgan fingerprint density at radius 3 is 1.41 bits per heavy atom. The minimum atomic E-state index is -1.41. The fraction of sp³-hybridized carbons (Fsp3) is 0.477. The van der Waals surface area contributed by atoms with Crippen LogP contribution in [0.15, 0.2) is 146 Å². The van der Waals surface area contributed by atoms with Crippen LogP contribution in [-0.2, 0) is 99.3 Å². The second-order valence-electron chi connectivity index (χ2n) is 33.7. The second kappa shape index (κ2) is 40.0. The van der Waals surface area contributed by atoms with Crippen LogP contribution in [0, 0.1) is 17.8 Å². The van der Waals surface area contributed by atoms with Gasteiger partial charge in [-0.05, 0) is 125 Å². The average molecular weight is 1670 g/mol. The predicted octanol–water partition coefficient (Wildman–Crippen LogP) is 7.46. The lowest BCUT2D eigenvalue weighted by molar-refractivity contribution is -0.153. The number of likely N-dealkylation sites (N-methyl/N-ethyl adjacent to an activating group) is 2. The molecule has 9 amide bonds. The van der Waals surface area contributed by atoms with Crippen molar-refractivity contribution < 1.29 is 86.3 Å². The third-order valence-electron chi connectivity index (χ3n) is 21.7. The zero-order valence-corrected chi connectivity index (χ0v) is 71.1. The number of aromatic nitrogens is 6. The third kappa shape index (κ3) is 23.7. The first kappa shape index (κ1) is 90.7. The van der Waals surface area contributed by atoms with Crippen LogP contribution in [0.3, 0.4) is 0 Å². The summed E-state index contributed by atoms with van der Waals surface area (Å²) in [5.74, 6) is -9.05. The Hall–Kier alpha value is -12.6. The van der Waals surface area contributed by atoms with Crippen LogP contribution in [-0.4, -0.2) is 227 Å². The first-order chi connectivity index (χ1) is 57.3. The maximum Gasteiger partial charge on any atom is 0.410 e. The van der Waals surface area contributed by atoms with Crippen LogP contribution in [0.1, 0.15) is 160 Å². The molecule has 5 aromatic carbocycles. The molecule has 11 atom stereocenters. The van der Waals surface area contributed by atoms with Gasteiger partial charge in [-0.1, -0.05) is 159 Å². The number of methoxy groups -OCH3 is 1. The lowest BCUT2D eigenvalue weighted by Gasteiger charge is -2.33. The van der Waals surface area contributed by atoms with Crippen molar-refractivity contribution in [3.63, 3.8) is 0 Å². The highest BCUT2D eigenvalue weighted by molar-refractivity contribution is 5.97. The zero-order chi connectivity index (χ0) is 87.9. The fourth-order valence-electron chi connectivity index (χ4n) is 14.8. The fourth-order valence-corrected chi connectivity index (χ4v) is 14.8. The van der Waals surface area contributed by atoms with Gasteiger partial charge in [-0.15, -0.1) is 10.2 Å². The van der Waals surface area contributed by atoms with E-state index in [-0.39, 0.29) is 83.0 Å². The molecule has 10 rings (SSSR count). The van der Waals surface area contributed by atoms with Crippen LogP contribution in [0.25, 0.3) is 11.1 Å². The van der Waals surface area contributed by atoms with Crippen LogP contribution < -0.4 is 31.3 Å². The summed E-state index contributed by atoms with van der Waals surface area (Å²) in [6, 6.07) is 29.0. The highest BCUT2D eigenvalue weighted by Gasteiger charge is 2.48. The Morgan fingerprint density at radius 2 is 0.959 bits per heavy atom. The average Bonchev–Trinajstić information content (AvgIpc) is 1.62. The molecule has 4 heterocycles. The maximum atomic E-state index is 15.3. The number of aliphatic carboxylic acids is 1. The number of rotatable bonds is 34. The number of hydrogen-bond donors (Lipinski definition) is 6. The summed E-state index contributed by atoms with van der Waals surface area (Å²) in [5.41, 5.74) is 5.12. The maximum absolute atomic E-state index is 15.3. The largest absolute Gasteiger partial charge is 0.487 e. The van der Waals surface area contributed by atoms with Gasteiger partial charge in [0.25, 0.3) is 0 Å². The Balaban J connectivity index is 0.841. The van der Waals surface area contributed by atoms with Gasteiger partial charge in [0.2, 0.25) is 41.4 Å². The molecule has 0 bridgehead atoms. The Morgan fingerprint density at radius 1 is 0.529 bits per heavy atom. The molecule has 0 saturated carbocycles. The molecule has 0 spiro atoms. The van der Waals surface area contributed by atoms with Gasteiger partial charge >= 0.3 is 30.1 Å². The number of esters is 2. The molecule has 1 aliphatic carbocycles. The van der Waals surface area contributed by atoms with E-state index in [1.165, 1.54) is 60.4 Å². The van der Waals surface area contributed by atoms with Crippen molar-refractivity contribution in [2.45, 2.75) is 212 Å². The molecule has 2 aromatic heterocycles. The van der Waals surface area contributed by atoms with E-state index in [1.807, 2.05) is 48.5 Å². The van der Waals surface area contributed by atoms with E-state index in [9.17, 15) is 53.1 Å². The number of carboxylic acids is 1. The number of nitrogens with one attached hydrogen (secondary N) is 5. The van der Waals surface area contributed by atoms with Gasteiger partial charge < -0.3 is 65.2 Å². The summed E-state index contributed by atoms with van der Waals surface area (Å²) < 4.78 is 31.1. The first-order valence-corrected chi connectivity index (χ1v) is 40.6. The number of carboxylic acid groups (broad SMARTS) is 1. The number of benzene rings is 5. The molecule has 0 radical (unpaired) electrons. The van der Waals surface area contributed by atoms with Gasteiger partial charge in [-0.25, -0.2) is 23.7 Å². The molecular formula is C88H111N15O18. The summed E-state index contributed by atoms with van der Waals surface area (Å²) in [6.45, 7) is 19.3. The van der Waals surface area contributed by atoms with Gasteiger partial charge in [0.1, 0.15) is 89.9 Å². The Bertz CT molecular complexity index is 4800. The van der Waals surface area contributed by atoms with E-state index >= 15 is 9.59 Å². The molecule has 121 heavy (non-hydrogen) atoms. The number of hydrogen-bond acceptors (Lipinski definition) is 21. The van der Waals surface area contributed by atoms with Crippen molar-refractivity contribution in [1.29, 1.82) is 0 Å². The minimum Gasteiger partial charge on any atom is -0.487 e. The van der Waals surface area contributed by atoms with Crippen LogP contribution in [0.5, 0.6) is 5.75 Å². The van der Waals surface area contributed by atoms with Gasteiger partial charge in [0.15, 0.2) is 0 Å². The molecule has 646 valence electrons. The number of carbonyl (C=O) groups is 12. The monoisotopic (exact) mass is 1670 g/mol. The van der Waals surface area contributed by atoms with E-state index in [0.717, 1.165) is 37.6 Å². The van der Waals surface area contributed by atoms with Crippen LogP contribution >= 0.6 is 0 Å². The topological polar surface area (TPSA) is 406 Å². The number of amides is 9.